The van der Waals surface area contributed by atoms with Crippen LogP contribution in [0.4, 0.5) is 5.69 Å². The molecule has 0 heterocycles. The molecule has 122 valence electrons. The molecule has 2 aromatic rings. The fourth-order valence-electron chi connectivity index (χ4n) is 2.88. The standard InChI is InChI=1S/C22H29N/c1-16(2)20-12-9-13-21(17(3)4)22(20)23-15-18(5)14-19-10-7-6-8-11-19/h6-13,15-17,23H,14H2,1-5H3/b18-15+. The highest BCUT2D eigenvalue weighted by molar-refractivity contribution is 5.61. The number of anilines is 1. The molecule has 0 spiro atoms. The summed E-state index contributed by atoms with van der Waals surface area (Å²) in [6.07, 6.45) is 3.15. The molecule has 0 aliphatic carbocycles. The number of hydrogen-bond donors (Lipinski definition) is 1. The highest BCUT2D eigenvalue weighted by atomic mass is 14.9. The largest absolute Gasteiger partial charge is 0.361 e. The summed E-state index contributed by atoms with van der Waals surface area (Å²) < 4.78 is 0. The van der Waals surface area contributed by atoms with E-state index < -0.39 is 0 Å². The van der Waals surface area contributed by atoms with Gasteiger partial charge in [0, 0.05) is 11.9 Å². The lowest BCUT2D eigenvalue weighted by atomic mass is 9.92. The van der Waals surface area contributed by atoms with Crippen LogP contribution in [0.1, 0.15) is 63.1 Å². The molecule has 0 aliphatic rings. The molecule has 0 aliphatic heterocycles. The Balaban J connectivity index is 2.23. The van der Waals surface area contributed by atoms with E-state index in [1.165, 1.54) is 28.0 Å². The maximum atomic E-state index is 3.60. The van der Waals surface area contributed by atoms with Gasteiger partial charge >= 0.3 is 0 Å². The molecule has 0 bridgehead atoms. The number of allylic oxidation sites excluding steroid dienone is 1. The number of rotatable bonds is 6. The summed E-state index contributed by atoms with van der Waals surface area (Å²) >= 11 is 0. The molecular weight excluding hydrogens is 278 g/mol. The third-order valence-electron chi connectivity index (χ3n) is 4.16. The minimum Gasteiger partial charge on any atom is -0.361 e. The van der Waals surface area contributed by atoms with Gasteiger partial charge in [0.15, 0.2) is 0 Å². The Kier molecular flexibility index (Phi) is 6.04. The fraction of sp³-hybridized carbons (Fsp3) is 0.364. The molecule has 0 radical (unpaired) electrons. The predicted molar refractivity (Wildman–Crippen MR) is 102 cm³/mol. The zero-order valence-electron chi connectivity index (χ0n) is 15.1. The van der Waals surface area contributed by atoms with Crippen molar-refractivity contribution in [2.75, 3.05) is 5.32 Å². The van der Waals surface area contributed by atoms with E-state index >= 15 is 0 Å². The lowest BCUT2D eigenvalue weighted by Crippen LogP contribution is -2.04. The Morgan fingerprint density at radius 3 is 1.96 bits per heavy atom. The topological polar surface area (TPSA) is 12.0 Å². The summed E-state index contributed by atoms with van der Waals surface area (Å²) in [5, 5.41) is 3.60. The molecule has 0 aromatic heterocycles. The summed E-state index contributed by atoms with van der Waals surface area (Å²) in [7, 11) is 0. The third kappa shape index (κ3) is 4.72. The van der Waals surface area contributed by atoms with Crippen molar-refractivity contribution in [2.45, 2.75) is 52.9 Å². The second-order valence-corrected chi connectivity index (χ2v) is 6.92. The van der Waals surface area contributed by atoms with E-state index in [2.05, 4.69) is 94.7 Å². The van der Waals surface area contributed by atoms with E-state index in [0.717, 1.165) is 6.42 Å². The summed E-state index contributed by atoms with van der Waals surface area (Å²) in [4.78, 5) is 0. The molecule has 0 saturated heterocycles. The fourth-order valence-corrected chi connectivity index (χ4v) is 2.88. The molecule has 1 N–H and O–H groups in total. The van der Waals surface area contributed by atoms with Gasteiger partial charge < -0.3 is 5.32 Å². The van der Waals surface area contributed by atoms with Crippen molar-refractivity contribution in [3.05, 3.63) is 77.0 Å². The first kappa shape index (κ1) is 17.3. The molecule has 0 amide bonds. The van der Waals surface area contributed by atoms with Gasteiger partial charge in [-0.15, -0.1) is 0 Å². The normalized spacial score (nSPS) is 12.0. The van der Waals surface area contributed by atoms with Crippen LogP contribution in [0, 0.1) is 0 Å². The SMILES string of the molecule is C/C(=C\Nc1c(C(C)C)cccc1C(C)C)Cc1ccccc1. The van der Waals surface area contributed by atoms with E-state index in [0.29, 0.717) is 11.8 Å². The summed E-state index contributed by atoms with van der Waals surface area (Å²) in [5.41, 5.74) is 6.75. The first-order valence-electron chi connectivity index (χ1n) is 8.58. The Hall–Kier alpha value is -2.02. The van der Waals surface area contributed by atoms with Crippen LogP contribution in [0.25, 0.3) is 0 Å². The van der Waals surface area contributed by atoms with Crippen molar-refractivity contribution >= 4 is 5.69 Å². The van der Waals surface area contributed by atoms with Crippen molar-refractivity contribution in [1.82, 2.24) is 0 Å². The summed E-state index contributed by atoms with van der Waals surface area (Å²) in [6.45, 7) is 11.2. The van der Waals surface area contributed by atoms with Gasteiger partial charge in [0.1, 0.15) is 0 Å². The number of hydrogen-bond acceptors (Lipinski definition) is 1. The van der Waals surface area contributed by atoms with Crippen LogP contribution >= 0.6 is 0 Å². The molecule has 1 nitrogen and oxygen atoms in total. The molecule has 1 heteroatoms. The second kappa shape index (κ2) is 8.01. The Morgan fingerprint density at radius 1 is 0.870 bits per heavy atom. The van der Waals surface area contributed by atoms with Crippen LogP contribution in [0.2, 0.25) is 0 Å². The van der Waals surface area contributed by atoms with Crippen LogP contribution in [0.15, 0.2) is 60.3 Å². The van der Waals surface area contributed by atoms with Gasteiger partial charge in [-0.1, -0.05) is 81.8 Å². The van der Waals surface area contributed by atoms with Gasteiger partial charge in [-0.25, -0.2) is 0 Å². The van der Waals surface area contributed by atoms with Crippen LogP contribution in [-0.4, -0.2) is 0 Å². The predicted octanol–water partition coefficient (Wildman–Crippen LogP) is 6.49. The maximum Gasteiger partial charge on any atom is 0.0450 e. The van der Waals surface area contributed by atoms with E-state index in [1.54, 1.807) is 0 Å². The average Bonchev–Trinajstić information content (AvgIpc) is 2.53. The van der Waals surface area contributed by atoms with Gasteiger partial charge in [0.2, 0.25) is 0 Å². The van der Waals surface area contributed by atoms with Crippen molar-refractivity contribution in [1.29, 1.82) is 0 Å². The van der Waals surface area contributed by atoms with Crippen LogP contribution < -0.4 is 5.32 Å². The Morgan fingerprint density at radius 2 is 1.43 bits per heavy atom. The molecule has 23 heavy (non-hydrogen) atoms. The van der Waals surface area contributed by atoms with Crippen molar-refractivity contribution in [2.24, 2.45) is 0 Å². The average molecular weight is 307 g/mol. The number of nitrogens with one attached hydrogen (secondary N) is 1. The second-order valence-electron chi connectivity index (χ2n) is 6.92. The summed E-state index contributed by atoms with van der Waals surface area (Å²) in [5.74, 6) is 1.03. The lowest BCUT2D eigenvalue weighted by molar-refractivity contribution is 0.838. The minimum absolute atomic E-state index is 0.513. The Bertz CT molecular complexity index is 625. The first-order valence-corrected chi connectivity index (χ1v) is 8.58. The molecule has 0 atom stereocenters. The van der Waals surface area contributed by atoms with Crippen molar-refractivity contribution < 1.29 is 0 Å². The third-order valence-corrected chi connectivity index (χ3v) is 4.16. The van der Waals surface area contributed by atoms with Crippen molar-refractivity contribution in [3.8, 4) is 0 Å². The molecule has 0 saturated carbocycles. The minimum atomic E-state index is 0.513. The van der Waals surface area contributed by atoms with Crippen LogP contribution in [0.3, 0.4) is 0 Å². The van der Waals surface area contributed by atoms with Gasteiger partial charge in [-0.05, 0) is 41.9 Å². The zero-order chi connectivity index (χ0) is 16.8. The van der Waals surface area contributed by atoms with Gasteiger partial charge in [0.05, 0.1) is 0 Å². The highest BCUT2D eigenvalue weighted by Crippen LogP contribution is 2.32. The van der Waals surface area contributed by atoms with Gasteiger partial charge in [-0.2, -0.15) is 0 Å². The summed E-state index contributed by atoms with van der Waals surface area (Å²) in [6, 6.07) is 17.3. The number of benzene rings is 2. The Labute approximate surface area is 141 Å². The van der Waals surface area contributed by atoms with E-state index in [4.69, 9.17) is 0 Å². The van der Waals surface area contributed by atoms with Crippen molar-refractivity contribution in [3.63, 3.8) is 0 Å². The van der Waals surface area contributed by atoms with Crippen LogP contribution in [-0.2, 0) is 6.42 Å². The van der Waals surface area contributed by atoms with Gasteiger partial charge in [-0.3, -0.25) is 0 Å². The van der Waals surface area contributed by atoms with Crippen LogP contribution in [0.5, 0.6) is 0 Å². The smallest absolute Gasteiger partial charge is 0.0450 e. The van der Waals surface area contributed by atoms with Gasteiger partial charge in [0.25, 0.3) is 0 Å². The molecule has 2 rings (SSSR count). The number of para-hydroxylation sites is 1. The molecule has 0 unspecified atom stereocenters. The maximum absolute atomic E-state index is 3.60. The lowest BCUT2D eigenvalue weighted by Gasteiger charge is -2.19. The molecular formula is C22H29N. The highest BCUT2D eigenvalue weighted by Gasteiger charge is 2.12. The first-order chi connectivity index (χ1) is 11.0. The zero-order valence-corrected chi connectivity index (χ0v) is 15.1. The molecule has 2 aromatic carbocycles. The molecule has 0 fully saturated rings. The quantitative estimate of drug-likeness (QED) is 0.643. The van der Waals surface area contributed by atoms with E-state index in [-0.39, 0.29) is 0 Å². The van der Waals surface area contributed by atoms with E-state index in [9.17, 15) is 0 Å². The van der Waals surface area contributed by atoms with E-state index in [1.807, 2.05) is 0 Å². The monoisotopic (exact) mass is 307 g/mol.